The summed E-state index contributed by atoms with van der Waals surface area (Å²) < 4.78 is 6.94. The lowest BCUT2D eigenvalue weighted by Crippen LogP contribution is -2.24. The molecule has 1 unspecified atom stereocenters. The highest BCUT2D eigenvalue weighted by Gasteiger charge is 2.14. The summed E-state index contributed by atoms with van der Waals surface area (Å²) in [5.74, 6) is 0.141. The number of aliphatic imine (C=N–C) groups is 1. The topological polar surface area (TPSA) is 94.5 Å². The van der Waals surface area contributed by atoms with Gasteiger partial charge in [0.25, 0.3) is 5.91 Å². The standard InChI is InChI=1S/C22H35N5O2/c1-6-9-10-18(5)27-16-20(21(23)28)22(26-27)25-19(7-2)12-11-17(4)15-24-13-14-29-8-3/h6,9-12,16-17,24H,7-8,13-15H2,1-5H3,(H2,23,28)/b9-6?,12-11-,18-10?,25-19?. The molecule has 0 fully saturated rings. The van der Waals surface area contributed by atoms with E-state index < -0.39 is 5.91 Å². The van der Waals surface area contributed by atoms with Crippen molar-refractivity contribution in [1.29, 1.82) is 0 Å². The fourth-order valence-corrected chi connectivity index (χ4v) is 2.45. The average Bonchev–Trinajstić information content (AvgIpc) is 3.13. The van der Waals surface area contributed by atoms with Gasteiger partial charge in [-0.2, -0.15) is 0 Å². The summed E-state index contributed by atoms with van der Waals surface area (Å²) >= 11 is 0. The Labute approximate surface area is 174 Å². The van der Waals surface area contributed by atoms with Crippen molar-refractivity contribution in [1.82, 2.24) is 15.1 Å². The minimum atomic E-state index is -0.542. The zero-order valence-corrected chi connectivity index (χ0v) is 18.3. The number of nitrogens with zero attached hydrogens (tertiary/aromatic N) is 3. The number of aromatic nitrogens is 2. The summed E-state index contributed by atoms with van der Waals surface area (Å²) in [7, 11) is 0. The Bertz CT molecular complexity index is 759. The predicted molar refractivity (Wildman–Crippen MR) is 121 cm³/mol. The monoisotopic (exact) mass is 401 g/mol. The molecule has 7 heteroatoms. The Hall–Kier alpha value is -2.51. The highest BCUT2D eigenvalue weighted by atomic mass is 16.5. The first-order chi connectivity index (χ1) is 13.9. The van der Waals surface area contributed by atoms with Crippen LogP contribution in [0.4, 0.5) is 5.82 Å². The van der Waals surface area contributed by atoms with Crippen molar-refractivity contribution >= 4 is 23.1 Å². The molecule has 29 heavy (non-hydrogen) atoms. The van der Waals surface area contributed by atoms with Gasteiger partial charge in [-0.1, -0.05) is 32.1 Å². The van der Waals surface area contributed by atoms with E-state index in [0.29, 0.717) is 17.3 Å². The molecule has 1 aromatic rings. The number of nitrogens with two attached hydrogens (primary N) is 1. The van der Waals surface area contributed by atoms with Crippen LogP contribution in [0.1, 0.15) is 51.4 Å². The molecule has 0 saturated heterocycles. The third kappa shape index (κ3) is 9.02. The molecule has 1 amide bonds. The van der Waals surface area contributed by atoms with E-state index in [9.17, 15) is 4.79 Å². The van der Waals surface area contributed by atoms with Gasteiger partial charge >= 0.3 is 0 Å². The molecule has 0 spiro atoms. The zero-order valence-electron chi connectivity index (χ0n) is 18.3. The van der Waals surface area contributed by atoms with Crippen molar-refractivity contribution < 1.29 is 9.53 Å². The SMILES string of the molecule is CC=CC=C(C)n1cc(C(N)=O)c(N=C(/C=C\C(C)CNCCOCC)CC)n1. The highest BCUT2D eigenvalue weighted by molar-refractivity contribution is 6.01. The van der Waals surface area contributed by atoms with Crippen LogP contribution in [0.15, 0.2) is 41.6 Å². The fourth-order valence-electron chi connectivity index (χ4n) is 2.45. The summed E-state index contributed by atoms with van der Waals surface area (Å²) in [6.07, 6.45) is 12.2. The van der Waals surface area contributed by atoms with Gasteiger partial charge in [-0.25, -0.2) is 9.67 Å². The molecule has 1 rings (SSSR count). The van der Waals surface area contributed by atoms with E-state index in [1.807, 2.05) is 52.0 Å². The Morgan fingerprint density at radius 2 is 2.21 bits per heavy atom. The van der Waals surface area contributed by atoms with Gasteiger partial charge in [-0.15, -0.1) is 5.10 Å². The number of primary amides is 1. The molecule has 0 aliphatic heterocycles. The van der Waals surface area contributed by atoms with Crippen LogP contribution < -0.4 is 11.1 Å². The molecule has 0 aliphatic carbocycles. The molecule has 0 aliphatic rings. The summed E-state index contributed by atoms with van der Waals surface area (Å²) in [5.41, 5.74) is 7.54. The van der Waals surface area contributed by atoms with Crippen molar-refractivity contribution in [3.05, 3.63) is 42.1 Å². The number of carbonyl (C=O) groups is 1. The van der Waals surface area contributed by atoms with E-state index >= 15 is 0 Å². The first-order valence-corrected chi connectivity index (χ1v) is 10.2. The number of hydrogen-bond donors (Lipinski definition) is 2. The number of allylic oxidation sites excluding steroid dienone is 5. The molecule has 0 aromatic carbocycles. The quantitative estimate of drug-likeness (QED) is 0.299. The summed E-state index contributed by atoms with van der Waals surface area (Å²) in [5, 5.41) is 7.81. The second kappa shape index (κ2) is 13.6. The van der Waals surface area contributed by atoms with Gasteiger partial charge in [0.15, 0.2) is 5.82 Å². The lowest BCUT2D eigenvalue weighted by atomic mass is 10.1. The molecular formula is C22H35N5O2. The van der Waals surface area contributed by atoms with Crippen molar-refractivity contribution in [3.8, 4) is 0 Å². The highest BCUT2D eigenvalue weighted by Crippen LogP contribution is 2.20. The van der Waals surface area contributed by atoms with Crippen molar-refractivity contribution in [2.45, 2.75) is 41.0 Å². The Morgan fingerprint density at radius 3 is 2.83 bits per heavy atom. The number of carbonyl (C=O) groups excluding carboxylic acids is 1. The molecule has 0 radical (unpaired) electrons. The van der Waals surface area contributed by atoms with Crippen LogP contribution in [0.25, 0.3) is 5.70 Å². The Balaban J connectivity index is 2.91. The van der Waals surface area contributed by atoms with Crippen LogP contribution in [0.5, 0.6) is 0 Å². The van der Waals surface area contributed by atoms with E-state index in [2.05, 4.69) is 28.4 Å². The maximum absolute atomic E-state index is 11.8. The van der Waals surface area contributed by atoms with Gasteiger partial charge in [0, 0.05) is 37.3 Å². The van der Waals surface area contributed by atoms with E-state index in [-0.39, 0.29) is 0 Å². The first-order valence-electron chi connectivity index (χ1n) is 10.2. The van der Waals surface area contributed by atoms with Crippen molar-refractivity contribution in [2.75, 3.05) is 26.3 Å². The van der Waals surface area contributed by atoms with Crippen LogP contribution in [0, 0.1) is 5.92 Å². The maximum Gasteiger partial charge on any atom is 0.254 e. The number of rotatable bonds is 13. The summed E-state index contributed by atoms with van der Waals surface area (Å²) in [6, 6.07) is 0. The van der Waals surface area contributed by atoms with Gasteiger partial charge in [-0.3, -0.25) is 4.79 Å². The van der Waals surface area contributed by atoms with Gasteiger partial charge < -0.3 is 15.8 Å². The van der Waals surface area contributed by atoms with Gasteiger partial charge in [0.05, 0.1) is 6.61 Å². The average molecular weight is 402 g/mol. The number of nitrogens with one attached hydrogen (secondary N) is 1. The number of hydrogen-bond acceptors (Lipinski definition) is 5. The fraction of sp³-hybridized carbons (Fsp3) is 0.500. The van der Waals surface area contributed by atoms with Gasteiger partial charge in [0.1, 0.15) is 5.56 Å². The third-order valence-corrected chi connectivity index (χ3v) is 4.17. The van der Waals surface area contributed by atoms with Crippen molar-refractivity contribution in [2.24, 2.45) is 16.6 Å². The van der Waals surface area contributed by atoms with E-state index in [0.717, 1.165) is 44.1 Å². The predicted octanol–water partition coefficient (Wildman–Crippen LogP) is 3.72. The molecule has 3 N–H and O–H groups in total. The Kier molecular flexibility index (Phi) is 11.5. The molecule has 1 atom stereocenters. The van der Waals surface area contributed by atoms with E-state index in [1.54, 1.807) is 10.9 Å². The molecule has 1 aromatic heterocycles. The molecular weight excluding hydrogens is 366 g/mol. The number of amides is 1. The van der Waals surface area contributed by atoms with Crippen LogP contribution in [0.3, 0.4) is 0 Å². The maximum atomic E-state index is 11.8. The second-order valence-electron chi connectivity index (χ2n) is 6.70. The van der Waals surface area contributed by atoms with E-state index in [4.69, 9.17) is 10.5 Å². The third-order valence-electron chi connectivity index (χ3n) is 4.17. The second-order valence-corrected chi connectivity index (χ2v) is 6.70. The zero-order chi connectivity index (χ0) is 21.6. The minimum Gasteiger partial charge on any atom is -0.380 e. The molecule has 1 heterocycles. The van der Waals surface area contributed by atoms with Crippen LogP contribution in [0.2, 0.25) is 0 Å². The normalized spacial score (nSPS) is 14.2. The minimum absolute atomic E-state index is 0.309. The molecule has 7 nitrogen and oxygen atoms in total. The largest absolute Gasteiger partial charge is 0.380 e. The van der Waals surface area contributed by atoms with E-state index in [1.165, 1.54) is 0 Å². The van der Waals surface area contributed by atoms with Gasteiger partial charge in [-0.05, 0) is 45.3 Å². The first kappa shape index (κ1) is 24.5. The Morgan fingerprint density at radius 1 is 1.45 bits per heavy atom. The lowest BCUT2D eigenvalue weighted by Gasteiger charge is -2.08. The smallest absolute Gasteiger partial charge is 0.254 e. The molecule has 0 saturated carbocycles. The van der Waals surface area contributed by atoms with Crippen molar-refractivity contribution in [3.63, 3.8) is 0 Å². The lowest BCUT2D eigenvalue weighted by molar-refractivity contribution is 0.100. The summed E-state index contributed by atoms with van der Waals surface area (Å²) in [6.45, 7) is 13.1. The number of ether oxygens (including phenoxy) is 1. The van der Waals surface area contributed by atoms with Crippen LogP contribution in [-0.2, 0) is 4.74 Å². The molecule has 160 valence electrons. The summed E-state index contributed by atoms with van der Waals surface area (Å²) in [4.78, 5) is 16.4. The molecule has 0 bridgehead atoms. The van der Waals surface area contributed by atoms with Crippen LogP contribution in [-0.4, -0.2) is 47.7 Å². The van der Waals surface area contributed by atoms with Gasteiger partial charge in [0.2, 0.25) is 0 Å². The van der Waals surface area contributed by atoms with Crippen LogP contribution >= 0.6 is 0 Å².